The van der Waals surface area contributed by atoms with E-state index in [1.54, 1.807) is 12.4 Å². The molecule has 5 aromatic heterocycles. The molecule has 0 unspecified atom stereocenters. The molecule has 0 bridgehead atoms. The van der Waals surface area contributed by atoms with E-state index in [4.69, 9.17) is 4.74 Å². The molecular formula is C23H21N7O. The fraction of sp³-hybridized carbons (Fsp3) is 0.217. The lowest BCUT2D eigenvalue weighted by atomic mass is 10.1. The average Bonchev–Trinajstić information content (AvgIpc) is 3.43. The molecule has 6 heterocycles. The van der Waals surface area contributed by atoms with Crippen LogP contribution < -0.4 is 10.1 Å². The molecule has 0 spiro atoms. The molecule has 8 heteroatoms. The molecule has 0 atom stereocenters. The molecule has 0 aromatic carbocycles. The predicted molar refractivity (Wildman–Crippen MR) is 119 cm³/mol. The first-order valence-electron chi connectivity index (χ1n) is 10.4. The van der Waals surface area contributed by atoms with Gasteiger partial charge in [-0.1, -0.05) is 0 Å². The summed E-state index contributed by atoms with van der Waals surface area (Å²) in [5.41, 5.74) is 5.40. The summed E-state index contributed by atoms with van der Waals surface area (Å²) in [5, 5.41) is 13.1. The lowest BCUT2D eigenvalue weighted by Crippen LogP contribution is -2.34. The number of aromatic nitrogens is 6. The maximum atomic E-state index is 6.16. The van der Waals surface area contributed by atoms with E-state index in [1.807, 2.05) is 36.8 Å². The summed E-state index contributed by atoms with van der Waals surface area (Å²) in [5.74, 6) is 0.779. The topological polar surface area (TPSA) is 104 Å². The van der Waals surface area contributed by atoms with Crippen LogP contribution in [0.15, 0.2) is 55.2 Å². The fourth-order valence-electron chi connectivity index (χ4n) is 4.11. The van der Waals surface area contributed by atoms with E-state index in [1.165, 1.54) is 0 Å². The van der Waals surface area contributed by atoms with Gasteiger partial charge >= 0.3 is 0 Å². The van der Waals surface area contributed by atoms with Crippen molar-refractivity contribution in [2.24, 2.45) is 0 Å². The van der Waals surface area contributed by atoms with Gasteiger partial charge < -0.3 is 15.0 Å². The van der Waals surface area contributed by atoms with Gasteiger partial charge in [-0.3, -0.25) is 20.1 Å². The molecule has 6 rings (SSSR count). The van der Waals surface area contributed by atoms with E-state index in [2.05, 4.69) is 41.5 Å². The summed E-state index contributed by atoms with van der Waals surface area (Å²) >= 11 is 0. The SMILES string of the molecule is c1cc2cc(-c3n[nH]c4cnc(-c5cncc(OC6CCNCC6)c5)cc34)[nH]c2cn1. The van der Waals surface area contributed by atoms with Gasteiger partial charge in [0, 0.05) is 28.7 Å². The predicted octanol–water partition coefficient (Wildman–Crippen LogP) is 3.69. The highest BCUT2D eigenvalue weighted by molar-refractivity contribution is 5.96. The summed E-state index contributed by atoms with van der Waals surface area (Å²) in [6.45, 7) is 1.98. The molecule has 0 aliphatic carbocycles. The Balaban J connectivity index is 1.36. The van der Waals surface area contributed by atoms with E-state index in [0.29, 0.717) is 0 Å². The Morgan fingerprint density at radius 1 is 0.935 bits per heavy atom. The number of rotatable bonds is 4. The quantitative estimate of drug-likeness (QED) is 0.417. The zero-order chi connectivity index (χ0) is 20.6. The van der Waals surface area contributed by atoms with E-state index in [0.717, 1.165) is 76.1 Å². The molecule has 8 nitrogen and oxygen atoms in total. The number of nitrogens with zero attached hydrogens (tertiary/aromatic N) is 4. The van der Waals surface area contributed by atoms with Crippen molar-refractivity contribution in [2.45, 2.75) is 18.9 Å². The number of aromatic amines is 2. The number of ether oxygens (including phenoxy) is 1. The second-order valence-electron chi connectivity index (χ2n) is 7.81. The first kappa shape index (κ1) is 18.0. The number of nitrogens with one attached hydrogen (secondary N) is 3. The smallest absolute Gasteiger partial charge is 0.138 e. The summed E-state index contributed by atoms with van der Waals surface area (Å²) in [6.07, 6.45) is 11.2. The molecule has 0 amide bonds. The molecule has 1 saturated heterocycles. The summed E-state index contributed by atoms with van der Waals surface area (Å²) < 4.78 is 6.16. The second kappa shape index (κ2) is 7.48. The van der Waals surface area contributed by atoms with Crippen LogP contribution in [0.25, 0.3) is 44.5 Å². The van der Waals surface area contributed by atoms with Gasteiger partial charge in [0.2, 0.25) is 0 Å². The standard InChI is InChI=1S/C23H21N7O/c1-4-25-12-21-14(1)8-20(28-21)23-18-9-19(27-13-22(18)29-30-23)15-7-17(11-26-10-15)31-16-2-5-24-6-3-16/h1,4,7-13,16,24,28H,2-3,5-6H2,(H,29,30). The van der Waals surface area contributed by atoms with Gasteiger partial charge in [-0.05, 0) is 50.2 Å². The van der Waals surface area contributed by atoms with Crippen LogP contribution in [0, 0.1) is 0 Å². The van der Waals surface area contributed by atoms with Gasteiger partial charge in [-0.25, -0.2) is 0 Å². The number of fused-ring (bicyclic) bond motifs is 2. The van der Waals surface area contributed by atoms with Gasteiger partial charge in [0.15, 0.2) is 0 Å². The summed E-state index contributed by atoms with van der Waals surface area (Å²) in [6, 6.07) is 8.12. The Morgan fingerprint density at radius 2 is 1.87 bits per heavy atom. The number of hydrogen-bond acceptors (Lipinski definition) is 6. The van der Waals surface area contributed by atoms with E-state index < -0.39 is 0 Å². The molecule has 1 aliphatic rings. The molecule has 31 heavy (non-hydrogen) atoms. The zero-order valence-electron chi connectivity index (χ0n) is 16.8. The van der Waals surface area contributed by atoms with Gasteiger partial charge in [0.1, 0.15) is 17.5 Å². The van der Waals surface area contributed by atoms with Crippen LogP contribution in [0.3, 0.4) is 0 Å². The van der Waals surface area contributed by atoms with E-state index in [-0.39, 0.29) is 6.10 Å². The molecule has 1 fully saturated rings. The minimum absolute atomic E-state index is 0.228. The van der Waals surface area contributed by atoms with Crippen molar-refractivity contribution < 1.29 is 4.74 Å². The third-order valence-corrected chi connectivity index (χ3v) is 5.72. The fourth-order valence-corrected chi connectivity index (χ4v) is 4.11. The largest absolute Gasteiger partial charge is 0.489 e. The first-order valence-corrected chi connectivity index (χ1v) is 10.4. The van der Waals surface area contributed by atoms with Crippen molar-refractivity contribution in [1.82, 2.24) is 35.5 Å². The van der Waals surface area contributed by atoms with Gasteiger partial charge in [0.25, 0.3) is 0 Å². The van der Waals surface area contributed by atoms with Crippen molar-refractivity contribution >= 4 is 21.8 Å². The normalized spacial score (nSPS) is 15.0. The van der Waals surface area contributed by atoms with Crippen LogP contribution in [0.1, 0.15) is 12.8 Å². The highest BCUT2D eigenvalue weighted by Crippen LogP contribution is 2.31. The van der Waals surface area contributed by atoms with Gasteiger partial charge in [-0.2, -0.15) is 5.10 Å². The van der Waals surface area contributed by atoms with Crippen LogP contribution in [0.5, 0.6) is 5.75 Å². The third-order valence-electron chi connectivity index (χ3n) is 5.72. The molecule has 154 valence electrons. The molecule has 5 aromatic rings. The monoisotopic (exact) mass is 411 g/mol. The Labute approximate surface area is 178 Å². The number of hydrogen-bond donors (Lipinski definition) is 3. The highest BCUT2D eigenvalue weighted by atomic mass is 16.5. The van der Waals surface area contributed by atoms with E-state index in [9.17, 15) is 0 Å². The average molecular weight is 411 g/mol. The molecule has 1 aliphatic heterocycles. The number of H-pyrrole nitrogens is 2. The van der Waals surface area contributed by atoms with Crippen LogP contribution in [0.2, 0.25) is 0 Å². The van der Waals surface area contributed by atoms with Crippen molar-refractivity contribution in [3.05, 3.63) is 55.2 Å². The second-order valence-corrected chi connectivity index (χ2v) is 7.81. The third kappa shape index (κ3) is 3.40. The van der Waals surface area contributed by atoms with Gasteiger partial charge in [-0.15, -0.1) is 0 Å². The first-order chi connectivity index (χ1) is 15.3. The maximum absolute atomic E-state index is 6.16. The maximum Gasteiger partial charge on any atom is 0.138 e. The number of pyridine rings is 3. The lowest BCUT2D eigenvalue weighted by molar-refractivity contribution is 0.162. The Kier molecular flexibility index (Phi) is 4.35. The number of piperidine rings is 1. The van der Waals surface area contributed by atoms with Crippen molar-refractivity contribution in [2.75, 3.05) is 13.1 Å². The Hall–Kier alpha value is -3.78. The zero-order valence-corrected chi connectivity index (χ0v) is 16.8. The minimum atomic E-state index is 0.228. The van der Waals surface area contributed by atoms with Gasteiger partial charge in [0.05, 0.1) is 41.0 Å². The van der Waals surface area contributed by atoms with E-state index >= 15 is 0 Å². The van der Waals surface area contributed by atoms with Crippen LogP contribution in [-0.4, -0.2) is 49.3 Å². The van der Waals surface area contributed by atoms with Crippen molar-refractivity contribution in [3.8, 4) is 28.4 Å². The molecule has 0 radical (unpaired) electrons. The molecular weight excluding hydrogens is 390 g/mol. The molecule has 3 N–H and O–H groups in total. The lowest BCUT2D eigenvalue weighted by Gasteiger charge is -2.23. The van der Waals surface area contributed by atoms with Crippen LogP contribution in [-0.2, 0) is 0 Å². The van der Waals surface area contributed by atoms with Crippen LogP contribution >= 0.6 is 0 Å². The summed E-state index contributed by atoms with van der Waals surface area (Å²) in [4.78, 5) is 16.6. The van der Waals surface area contributed by atoms with Crippen molar-refractivity contribution in [1.29, 1.82) is 0 Å². The summed E-state index contributed by atoms with van der Waals surface area (Å²) in [7, 11) is 0. The molecule has 0 saturated carbocycles. The highest BCUT2D eigenvalue weighted by Gasteiger charge is 2.16. The Bertz CT molecular complexity index is 1330. The van der Waals surface area contributed by atoms with Crippen molar-refractivity contribution in [3.63, 3.8) is 0 Å². The Morgan fingerprint density at radius 3 is 2.77 bits per heavy atom. The minimum Gasteiger partial charge on any atom is -0.489 e. The van der Waals surface area contributed by atoms with Crippen LogP contribution in [0.4, 0.5) is 0 Å².